The van der Waals surface area contributed by atoms with E-state index in [9.17, 15) is 9.59 Å². The van der Waals surface area contributed by atoms with Crippen LogP contribution in [0.3, 0.4) is 0 Å². The Morgan fingerprint density at radius 3 is 2.11 bits per heavy atom. The summed E-state index contributed by atoms with van der Waals surface area (Å²) >= 11 is 3.40. The fourth-order valence-electron chi connectivity index (χ4n) is 2.33. The molecule has 1 aliphatic rings. The van der Waals surface area contributed by atoms with Crippen LogP contribution in [-0.2, 0) is 0 Å². The first-order valence-corrected chi connectivity index (χ1v) is 6.38. The molecule has 1 aliphatic carbocycles. The molecule has 3 heteroatoms. The topological polar surface area (TPSA) is 34.1 Å². The Bertz CT molecular complexity index is 702. The van der Waals surface area contributed by atoms with Crippen LogP contribution in [0.2, 0.25) is 0 Å². The summed E-state index contributed by atoms with van der Waals surface area (Å²) in [5.41, 5.74) is 2.83. The summed E-state index contributed by atoms with van der Waals surface area (Å²) in [6, 6.07) is 10.5. The first kappa shape index (κ1) is 11.4. The highest BCUT2D eigenvalue weighted by atomic mass is 79.9. The highest BCUT2D eigenvalue weighted by Crippen LogP contribution is 2.32. The van der Waals surface area contributed by atoms with E-state index in [4.69, 9.17) is 0 Å². The maximum Gasteiger partial charge on any atom is 0.194 e. The zero-order chi connectivity index (χ0) is 12.9. The molecule has 0 fully saturated rings. The molecule has 0 amide bonds. The average Bonchev–Trinajstić information content (AvgIpc) is 2.39. The number of benzene rings is 2. The van der Waals surface area contributed by atoms with Crippen molar-refractivity contribution in [1.29, 1.82) is 0 Å². The molecule has 88 valence electrons. The second kappa shape index (κ2) is 3.89. The second-order valence-corrected chi connectivity index (χ2v) is 5.15. The lowest BCUT2D eigenvalue weighted by Crippen LogP contribution is -2.22. The van der Waals surface area contributed by atoms with E-state index in [0.29, 0.717) is 22.3 Å². The molecule has 0 unspecified atom stereocenters. The van der Waals surface area contributed by atoms with Crippen molar-refractivity contribution in [3.63, 3.8) is 0 Å². The SMILES string of the molecule is Cc1c(Br)ccc2c1C(=O)c1ccccc1C2=O. The van der Waals surface area contributed by atoms with Gasteiger partial charge in [0.05, 0.1) is 0 Å². The first-order chi connectivity index (χ1) is 8.61. The Kier molecular flexibility index (Phi) is 2.45. The Balaban J connectivity index is 2.38. The maximum atomic E-state index is 12.5. The van der Waals surface area contributed by atoms with Gasteiger partial charge in [-0.3, -0.25) is 9.59 Å². The van der Waals surface area contributed by atoms with Gasteiger partial charge in [0.1, 0.15) is 0 Å². The molecule has 0 saturated carbocycles. The summed E-state index contributed by atoms with van der Waals surface area (Å²) in [6.45, 7) is 1.85. The van der Waals surface area contributed by atoms with E-state index >= 15 is 0 Å². The molecule has 0 bridgehead atoms. The van der Waals surface area contributed by atoms with Crippen LogP contribution in [0.4, 0.5) is 0 Å². The van der Waals surface area contributed by atoms with Crippen molar-refractivity contribution in [2.24, 2.45) is 0 Å². The molecule has 0 saturated heterocycles. The van der Waals surface area contributed by atoms with Gasteiger partial charge >= 0.3 is 0 Å². The van der Waals surface area contributed by atoms with Crippen molar-refractivity contribution in [2.75, 3.05) is 0 Å². The smallest absolute Gasteiger partial charge is 0.194 e. The molecule has 0 heterocycles. The number of hydrogen-bond donors (Lipinski definition) is 0. The maximum absolute atomic E-state index is 12.5. The van der Waals surface area contributed by atoms with Crippen molar-refractivity contribution < 1.29 is 9.59 Å². The third-order valence-electron chi connectivity index (χ3n) is 3.29. The molecule has 2 nitrogen and oxygen atoms in total. The van der Waals surface area contributed by atoms with Gasteiger partial charge in [-0.2, -0.15) is 0 Å². The van der Waals surface area contributed by atoms with Crippen LogP contribution >= 0.6 is 15.9 Å². The van der Waals surface area contributed by atoms with Gasteiger partial charge in [0.2, 0.25) is 0 Å². The number of rotatable bonds is 0. The van der Waals surface area contributed by atoms with E-state index in [1.54, 1.807) is 30.3 Å². The minimum atomic E-state index is -0.0733. The molecule has 18 heavy (non-hydrogen) atoms. The van der Waals surface area contributed by atoms with Crippen LogP contribution < -0.4 is 0 Å². The van der Waals surface area contributed by atoms with Gasteiger partial charge in [-0.15, -0.1) is 0 Å². The van der Waals surface area contributed by atoms with E-state index in [0.717, 1.165) is 10.0 Å². The molecular formula is C15H9BrO2. The van der Waals surface area contributed by atoms with Crippen LogP contribution in [0.25, 0.3) is 0 Å². The average molecular weight is 301 g/mol. The lowest BCUT2D eigenvalue weighted by Gasteiger charge is -2.19. The van der Waals surface area contributed by atoms with Crippen molar-refractivity contribution in [2.45, 2.75) is 6.92 Å². The fraction of sp³-hybridized carbons (Fsp3) is 0.0667. The molecule has 0 aliphatic heterocycles. The monoisotopic (exact) mass is 300 g/mol. The number of carbonyl (C=O) groups is 2. The number of halogens is 1. The Labute approximate surface area is 113 Å². The van der Waals surface area contributed by atoms with E-state index in [1.807, 2.05) is 13.0 Å². The number of hydrogen-bond acceptors (Lipinski definition) is 2. The van der Waals surface area contributed by atoms with E-state index in [1.165, 1.54) is 0 Å². The fourth-order valence-corrected chi connectivity index (χ4v) is 2.66. The Morgan fingerprint density at radius 1 is 0.833 bits per heavy atom. The van der Waals surface area contributed by atoms with E-state index < -0.39 is 0 Å². The van der Waals surface area contributed by atoms with Gasteiger partial charge in [0.15, 0.2) is 11.6 Å². The van der Waals surface area contributed by atoms with Crippen LogP contribution in [0, 0.1) is 6.92 Å². The molecule has 0 spiro atoms. The van der Waals surface area contributed by atoms with Gasteiger partial charge in [0.25, 0.3) is 0 Å². The summed E-state index contributed by atoms with van der Waals surface area (Å²) in [5.74, 6) is -0.144. The zero-order valence-corrected chi connectivity index (χ0v) is 11.2. The van der Waals surface area contributed by atoms with E-state index in [-0.39, 0.29) is 11.6 Å². The molecule has 0 N–H and O–H groups in total. The van der Waals surface area contributed by atoms with Crippen LogP contribution in [0.1, 0.15) is 37.4 Å². The summed E-state index contributed by atoms with van der Waals surface area (Å²) in [5, 5.41) is 0. The van der Waals surface area contributed by atoms with Gasteiger partial charge < -0.3 is 0 Å². The molecule has 0 radical (unpaired) electrons. The van der Waals surface area contributed by atoms with Crippen molar-refractivity contribution in [3.05, 3.63) is 68.7 Å². The standard InChI is InChI=1S/C15H9BrO2/c1-8-12(16)7-6-11-13(8)15(18)10-5-3-2-4-9(10)14(11)17/h2-7H,1H3. The number of ketones is 2. The van der Waals surface area contributed by atoms with Crippen LogP contribution in [0.15, 0.2) is 40.9 Å². The molecule has 2 aromatic carbocycles. The molecule has 0 aromatic heterocycles. The summed E-state index contributed by atoms with van der Waals surface area (Å²) in [4.78, 5) is 24.8. The third-order valence-corrected chi connectivity index (χ3v) is 4.15. The summed E-state index contributed by atoms with van der Waals surface area (Å²) in [6.07, 6.45) is 0. The Morgan fingerprint density at radius 2 is 1.44 bits per heavy atom. The molecule has 3 rings (SSSR count). The van der Waals surface area contributed by atoms with Crippen LogP contribution in [0.5, 0.6) is 0 Å². The lowest BCUT2D eigenvalue weighted by atomic mass is 9.82. The van der Waals surface area contributed by atoms with Gasteiger partial charge in [-0.05, 0) is 24.6 Å². The van der Waals surface area contributed by atoms with Gasteiger partial charge in [-0.25, -0.2) is 0 Å². The minimum absolute atomic E-state index is 0.0704. The number of carbonyl (C=O) groups excluding carboxylic acids is 2. The highest BCUT2D eigenvalue weighted by Gasteiger charge is 2.30. The van der Waals surface area contributed by atoms with E-state index in [2.05, 4.69) is 15.9 Å². The highest BCUT2D eigenvalue weighted by molar-refractivity contribution is 9.10. The number of fused-ring (bicyclic) bond motifs is 2. The predicted molar refractivity (Wildman–Crippen MR) is 72.2 cm³/mol. The molecule has 2 aromatic rings. The van der Waals surface area contributed by atoms with Gasteiger partial charge in [0, 0.05) is 26.7 Å². The first-order valence-electron chi connectivity index (χ1n) is 5.59. The lowest BCUT2D eigenvalue weighted by molar-refractivity contribution is 0.0978. The minimum Gasteiger partial charge on any atom is -0.289 e. The molecule has 0 atom stereocenters. The van der Waals surface area contributed by atoms with Crippen molar-refractivity contribution in [1.82, 2.24) is 0 Å². The third kappa shape index (κ3) is 1.40. The second-order valence-electron chi connectivity index (χ2n) is 4.30. The largest absolute Gasteiger partial charge is 0.289 e. The molecular weight excluding hydrogens is 292 g/mol. The quantitative estimate of drug-likeness (QED) is 0.636. The zero-order valence-electron chi connectivity index (χ0n) is 9.66. The van der Waals surface area contributed by atoms with Crippen molar-refractivity contribution in [3.8, 4) is 0 Å². The summed E-state index contributed by atoms with van der Waals surface area (Å²) < 4.78 is 0.849. The van der Waals surface area contributed by atoms with Crippen LogP contribution in [-0.4, -0.2) is 11.6 Å². The van der Waals surface area contributed by atoms with Crippen molar-refractivity contribution >= 4 is 27.5 Å². The Hall–Kier alpha value is -1.74. The summed E-state index contributed by atoms with van der Waals surface area (Å²) in [7, 11) is 0. The predicted octanol–water partition coefficient (Wildman–Crippen LogP) is 3.53. The normalized spacial score (nSPS) is 13.2. The van der Waals surface area contributed by atoms with Gasteiger partial charge in [-0.1, -0.05) is 40.2 Å².